The number of aromatic amines is 1. The quantitative estimate of drug-likeness (QED) is 0.721. The fraction of sp³-hybridized carbons (Fsp3) is 0.583. The zero-order valence-electron chi connectivity index (χ0n) is 11.4. The minimum atomic E-state index is -1.21. The van der Waals surface area contributed by atoms with E-state index in [1.165, 1.54) is 4.90 Å². The third-order valence-corrected chi connectivity index (χ3v) is 3.25. The largest absolute Gasteiger partial charge is 0.480 e. The number of imidazole rings is 1. The fourth-order valence-electron chi connectivity index (χ4n) is 1.76. The van der Waals surface area contributed by atoms with E-state index in [-0.39, 0.29) is 0 Å². The second-order valence-electron chi connectivity index (χ2n) is 4.42. The molecule has 1 aromatic heterocycles. The minimum absolute atomic E-state index is 0.294. The van der Waals surface area contributed by atoms with E-state index in [1.807, 2.05) is 0 Å². The van der Waals surface area contributed by atoms with Crippen LogP contribution in [0.5, 0.6) is 0 Å². The number of urea groups is 1. The van der Waals surface area contributed by atoms with E-state index in [4.69, 9.17) is 0 Å². The summed E-state index contributed by atoms with van der Waals surface area (Å²) in [6.07, 6.45) is 3.93. The van der Waals surface area contributed by atoms with Crippen LogP contribution in [0.25, 0.3) is 0 Å². The molecule has 7 heteroatoms. The molecular formula is C12H20N4O3. The summed E-state index contributed by atoms with van der Waals surface area (Å²) in [5.41, 5.74) is -1.21. The molecule has 19 heavy (non-hydrogen) atoms. The summed E-state index contributed by atoms with van der Waals surface area (Å²) in [4.78, 5) is 31.6. The molecular weight excluding hydrogens is 248 g/mol. The van der Waals surface area contributed by atoms with Gasteiger partial charge in [-0.15, -0.1) is 0 Å². The van der Waals surface area contributed by atoms with Gasteiger partial charge < -0.3 is 20.3 Å². The van der Waals surface area contributed by atoms with Gasteiger partial charge in [-0.05, 0) is 12.8 Å². The Bertz CT molecular complexity index is 426. The van der Waals surface area contributed by atoms with Crippen molar-refractivity contribution in [3.05, 3.63) is 18.2 Å². The number of hydrogen-bond acceptors (Lipinski definition) is 3. The van der Waals surface area contributed by atoms with Crippen LogP contribution in [0.1, 0.15) is 32.5 Å². The molecule has 0 aliphatic carbocycles. The van der Waals surface area contributed by atoms with Crippen molar-refractivity contribution in [1.82, 2.24) is 20.2 Å². The van der Waals surface area contributed by atoms with Crippen LogP contribution in [0.4, 0.5) is 4.79 Å². The Hall–Kier alpha value is -2.05. The summed E-state index contributed by atoms with van der Waals surface area (Å²) in [7, 11) is 1.59. The lowest BCUT2D eigenvalue weighted by molar-refractivity contribution is -0.144. The number of nitrogens with zero attached hydrogens (tertiary/aromatic N) is 2. The maximum absolute atomic E-state index is 12.0. The topological polar surface area (TPSA) is 98.3 Å². The third-order valence-electron chi connectivity index (χ3n) is 3.25. The third kappa shape index (κ3) is 3.46. The summed E-state index contributed by atoms with van der Waals surface area (Å²) in [5.74, 6) is -0.371. The van der Waals surface area contributed by atoms with Gasteiger partial charge in [-0.25, -0.2) is 14.6 Å². The summed E-state index contributed by atoms with van der Waals surface area (Å²) in [6, 6.07) is -0.428. The van der Waals surface area contributed by atoms with Crippen molar-refractivity contribution in [3.8, 4) is 0 Å². The van der Waals surface area contributed by atoms with Crippen LogP contribution in [-0.4, -0.2) is 44.6 Å². The van der Waals surface area contributed by atoms with E-state index < -0.39 is 17.5 Å². The van der Waals surface area contributed by atoms with Gasteiger partial charge in [0, 0.05) is 19.4 Å². The van der Waals surface area contributed by atoms with Crippen molar-refractivity contribution in [2.45, 2.75) is 38.8 Å². The van der Waals surface area contributed by atoms with Gasteiger partial charge in [0.2, 0.25) is 0 Å². The van der Waals surface area contributed by atoms with Gasteiger partial charge in [0.15, 0.2) is 0 Å². The van der Waals surface area contributed by atoms with E-state index in [1.54, 1.807) is 33.3 Å². The van der Waals surface area contributed by atoms with Crippen molar-refractivity contribution >= 4 is 12.0 Å². The molecule has 0 aliphatic rings. The number of carbonyl (C=O) groups is 2. The van der Waals surface area contributed by atoms with Gasteiger partial charge >= 0.3 is 12.0 Å². The van der Waals surface area contributed by atoms with Crippen LogP contribution in [0.15, 0.2) is 12.4 Å². The predicted octanol–water partition coefficient (Wildman–Crippen LogP) is 1.19. The second kappa shape index (κ2) is 6.21. The van der Waals surface area contributed by atoms with Crippen LogP contribution in [-0.2, 0) is 11.3 Å². The summed E-state index contributed by atoms with van der Waals surface area (Å²) in [5, 5.41) is 11.8. The molecule has 0 aromatic carbocycles. The maximum Gasteiger partial charge on any atom is 0.329 e. The molecule has 0 spiro atoms. The van der Waals surface area contributed by atoms with Crippen molar-refractivity contribution in [3.63, 3.8) is 0 Å². The number of H-pyrrole nitrogens is 1. The molecule has 0 radical (unpaired) electrons. The number of aliphatic carboxylic acids is 1. The first kappa shape index (κ1) is 15.0. The molecule has 1 heterocycles. The molecule has 0 saturated carbocycles. The molecule has 0 fully saturated rings. The average Bonchev–Trinajstić information content (AvgIpc) is 2.88. The number of rotatable bonds is 6. The van der Waals surface area contributed by atoms with E-state index in [0.29, 0.717) is 25.2 Å². The number of amides is 2. The molecule has 2 amide bonds. The van der Waals surface area contributed by atoms with Crippen molar-refractivity contribution in [1.29, 1.82) is 0 Å². The summed E-state index contributed by atoms with van der Waals surface area (Å²) >= 11 is 0. The Balaban J connectivity index is 2.69. The number of carboxylic acid groups (broad SMARTS) is 1. The Kier molecular flexibility index (Phi) is 4.91. The number of carbonyl (C=O) groups excluding carboxylic acids is 1. The summed E-state index contributed by atoms with van der Waals surface area (Å²) in [6.45, 7) is 3.77. The van der Waals surface area contributed by atoms with Crippen LogP contribution >= 0.6 is 0 Å². The minimum Gasteiger partial charge on any atom is -0.480 e. The lowest BCUT2D eigenvalue weighted by Crippen LogP contribution is -2.56. The second-order valence-corrected chi connectivity index (χ2v) is 4.42. The SMILES string of the molecule is CCC(CC)(NC(=O)N(C)Cc1ncc[nH]1)C(=O)O. The molecule has 3 N–H and O–H groups in total. The van der Waals surface area contributed by atoms with Gasteiger partial charge in [-0.3, -0.25) is 0 Å². The first-order chi connectivity index (χ1) is 8.95. The Morgan fingerprint density at radius 2 is 2.11 bits per heavy atom. The zero-order valence-corrected chi connectivity index (χ0v) is 11.4. The fourth-order valence-corrected chi connectivity index (χ4v) is 1.76. The average molecular weight is 268 g/mol. The maximum atomic E-state index is 12.0. The highest BCUT2D eigenvalue weighted by Gasteiger charge is 2.37. The van der Waals surface area contributed by atoms with Crippen LogP contribution in [0.2, 0.25) is 0 Å². The van der Waals surface area contributed by atoms with Gasteiger partial charge in [-0.1, -0.05) is 13.8 Å². The highest BCUT2D eigenvalue weighted by atomic mass is 16.4. The Morgan fingerprint density at radius 1 is 1.47 bits per heavy atom. The highest BCUT2D eigenvalue weighted by Crippen LogP contribution is 2.16. The molecule has 7 nitrogen and oxygen atoms in total. The first-order valence-corrected chi connectivity index (χ1v) is 6.20. The lowest BCUT2D eigenvalue weighted by atomic mass is 9.93. The van der Waals surface area contributed by atoms with E-state index in [0.717, 1.165) is 0 Å². The predicted molar refractivity (Wildman–Crippen MR) is 69.5 cm³/mol. The lowest BCUT2D eigenvalue weighted by Gasteiger charge is -2.30. The molecule has 1 aromatic rings. The molecule has 0 unspecified atom stereocenters. The van der Waals surface area contributed by atoms with Gasteiger partial charge in [0.25, 0.3) is 0 Å². The van der Waals surface area contributed by atoms with Crippen molar-refractivity contribution < 1.29 is 14.7 Å². The molecule has 0 bridgehead atoms. The Morgan fingerprint density at radius 3 is 2.53 bits per heavy atom. The Labute approximate surface area is 112 Å². The van der Waals surface area contributed by atoms with Gasteiger partial charge in [0.05, 0.1) is 6.54 Å². The van der Waals surface area contributed by atoms with Crippen LogP contribution < -0.4 is 5.32 Å². The molecule has 106 valence electrons. The van der Waals surface area contributed by atoms with Crippen LogP contribution in [0, 0.1) is 0 Å². The molecule has 0 aliphatic heterocycles. The zero-order chi connectivity index (χ0) is 14.5. The standard InChI is InChI=1S/C12H20N4O3/c1-4-12(5-2,10(17)18)15-11(19)16(3)8-9-13-6-7-14-9/h6-7H,4-5,8H2,1-3H3,(H,13,14)(H,15,19)(H,17,18). The summed E-state index contributed by atoms with van der Waals surface area (Å²) < 4.78 is 0. The van der Waals surface area contributed by atoms with E-state index >= 15 is 0 Å². The number of carboxylic acids is 1. The van der Waals surface area contributed by atoms with Crippen LogP contribution in [0.3, 0.4) is 0 Å². The number of aromatic nitrogens is 2. The van der Waals surface area contributed by atoms with Crippen molar-refractivity contribution in [2.24, 2.45) is 0 Å². The number of hydrogen-bond donors (Lipinski definition) is 3. The smallest absolute Gasteiger partial charge is 0.329 e. The van der Waals surface area contributed by atoms with Gasteiger partial charge in [-0.2, -0.15) is 0 Å². The molecule has 0 atom stereocenters. The monoisotopic (exact) mass is 268 g/mol. The molecule has 1 rings (SSSR count). The highest BCUT2D eigenvalue weighted by molar-refractivity contribution is 5.86. The van der Waals surface area contributed by atoms with E-state index in [9.17, 15) is 14.7 Å². The number of nitrogens with one attached hydrogen (secondary N) is 2. The van der Waals surface area contributed by atoms with Gasteiger partial charge in [0.1, 0.15) is 11.4 Å². The molecule has 0 saturated heterocycles. The van der Waals surface area contributed by atoms with Crippen molar-refractivity contribution in [2.75, 3.05) is 7.05 Å². The van der Waals surface area contributed by atoms with E-state index in [2.05, 4.69) is 15.3 Å². The normalized spacial score (nSPS) is 11.1. The first-order valence-electron chi connectivity index (χ1n) is 6.20.